The number of rotatable bonds is 6. The molecule has 0 heterocycles. The minimum absolute atomic E-state index is 0.0115. The zero-order chi connectivity index (χ0) is 22.3. The van der Waals surface area contributed by atoms with Crippen molar-refractivity contribution in [1.29, 1.82) is 0 Å². The fourth-order valence-corrected chi connectivity index (χ4v) is 3.45. The van der Waals surface area contributed by atoms with Crippen LogP contribution in [0.25, 0.3) is 0 Å². The molecule has 7 nitrogen and oxygen atoms in total. The van der Waals surface area contributed by atoms with Gasteiger partial charge in [-0.15, -0.1) is 0 Å². The fourth-order valence-electron chi connectivity index (χ4n) is 2.23. The summed E-state index contributed by atoms with van der Waals surface area (Å²) in [5, 5.41) is 2.43. The van der Waals surface area contributed by atoms with Gasteiger partial charge in [0.1, 0.15) is 11.5 Å². The quantitative estimate of drug-likeness (QED) is 0.366. The van der Waals surface area contributed by atoms with Crippen LogP contribution in [0.3, 0.4) is 0 Å². The normalized spacial score (nSPS) is 10.3. The number of carbonyl (C=O) groups excluding carboxylic acids is 2. The van der Waals surface area contributed by atoms with Gasteiger partial charge >= 0.3 is 0 Å². The van der Waals surface area contributed by atoms with E-state index in [9.17, 15) is 9.59 Å². The van der Waals surface area contributed by atoms with Crippen molar-refractivity contribution in [1.82, 2.24) is 16.2 Å². The second-order valence-corrected chi connectivity index (χ2v) is 8.61. The van der Waals surface area contributed by atoms with Crippen LogP contribution in [0.1, 0.15) is 29.8 Å². The van der Waals surface area contributed by atoms with Crippen LogP contribution >= 0.6 is 44.1 Å². The maximum Gasteiger partial charge on any atom is 0.276 e. The van der Waals surface area contributed by atoms with E-state index in [1.54, 1.807) is 24.3 Å². The molecule has 0 spiro atoms. The summed E-state index contributed by atoms with van der Waals surface area (Å²) >= 11 is 11.8. The number of carbonyl (C=O) groups is 2. The molecule has 10 heteroatoms. The van der Waals surface area contributed by atoms with Gasteiger partial charge in [-0.05, 0) is 101 Å². The third kappa shape index (κ3) is 7.58. The lowest BCUT2D eigenvalue weighted by atomic mass is 10.2. The predicted octanol–water partition coefficient (Wildman–Crippen LogP) is 4.02. The Morgan fingerprint density at radius 2 is 1.70 bits per heavy atom. The van der Waals surface area contributed by atoms with Crippen LogP contribution in [0.4, 0.5) is 0 Å². The van der Waals surface area contributed by atoms with E-state index in [-0.39, 0.29) is 17.8 Å². The molecule has 0 aliphatic rings. The third-order valence-electron chi connectivity index (χ3n) is 3.55. The van der Waals surface area contributed by atoms with E-state index in [4.69, 9.17) is 21.7 Å². The van der Waals surface area contributed by atoms with Crippen molar-refractivity contribution in [3.63, 3.8) is 0 Å². The van der Waals surface area contributed by atoms with Gasteiger partial charge in [0.05, 0.1) is 15.0 Å². The standard InChI is InChI=1S/C20H21Br2N3O4S/c1-11(2)29-17-7-5-13(9-15(17)22)19(27)23-20(30)25-24-18(26)10-28-16-6-4-12(3)8-14(16)21/h4-9,11H,10H2,1-3H3,(H,24,26)(H2,23,25,27,30). The molecule has 2 amide bonds. The van der Waals surface area contributed by atoms with Crippen molar-refractivity contribution < 1.29 is 19.1 Å². The second-order valence-electron chi connectivity index (χ2n) is 6.49. The molecule has 160 valence electrons. The first-order chi connectivity index (χ1) is 14.2. The summed E-state index contributed by atoms with van der Waals surface area (Å²) in [4.78, 5) is 24.2. The molecule has 3 N–H and O–H groups in total. The molecule has 0 fully saturated rings. The van der Waals surface area contributed by atoms with Gasteiger partial charge in [-0.1, -0.05) is 6.07 Å². The first-order valence-electron chi connectivity index (χ1n) is 8.91. The van der Waals surface area contributed by atoms with Crippen LogP contribution < -0.4 is 25.6 Å². The Labute approximate surface area is 197 Å². The number of thiocarbonyl (C=S) groups is 1. The van der Waals surface area contributed by atoms with Crippen LogP contribution in [0.2, 0.25) is 0 Å². The van der Waals surface area contributed by atoms with Gasteiger partial charge in [0.2, 0.25) is 0 Å². The Hall–Kier alpha value is -2.17. The Morgan fingerprint density at radius 1 is 1.03 bits per heavy atom. The molecule has 0 aromatic heterocycles. The van der Waals surface area contributed by atoms with E-state index in [2.05, 4.69) is 48.0 Å². The molecule has 2 rings (SSSR count). The number of nitrogens with one attached hydrogen (secondary N) is 3. The number of halogens is 2. The Kier molecular flexibility index (Phi) is 9.07. The zero-order valence-electron chi connectivity index (χ0n) is 16.5. The molecule has 0 saturated carbocycles. The number of ether oxygens (including phenoxy) is 2. The zero-order valence-corrected chi connectivity index (χ0v) is 20.5. The summed E-state index contributed by atoms with van der Waals surface area (Å²) in [6.07, 6.45) is 0.0115. The average Bonchev–Trinajstić information content (AvgIpc) is 2.66. The highest BCUT2D eigenvalue weighted by Gasteiger charge is 2.12. The number of benzene rings is 2. The molecule has 0 atom stereocenters. The first-order valence-corrected chi connectivity index (χ1v) is 10.9. The van der Waals surface area contributed by atoms with Gasteiger partial charge < -0.3 is 9.47 Å². The van der Waals surface area contributed by atoms with Crippen LogP contribution in [0, 0.1) is 6.92 Å². The van der Waals surface area contributed by atoms with Crippen LogP contribution in [0.15, 0.2) is 45.3 Å². The van der Waals surface area contributed by atoms with Crippen molar-refractivity contribution in [3.8, 4) is 11.5 Å². The SMILES string of the molecule is Cc1ccc(OCC(=O)NNC(=S)NC(=O)c2ccc(OC(C)C)c(Br)c2)c(Br)c1. The molecule has 0 bridgehead atoms. The van der Waals surface area contributed by atoms with E-state index >= 15 is 0 Å². The molecule has 0 aliphatic heterocycles. The fraction of sp³-hybridized carbons (Fsp3) is 0.250. The van der Waals surface area contributed by atoms with Crippen LogP contribution in [-0.4, -0.2) is 29.6 Å². The molecule has 0 unspecified atom stereocenters. The molecule has 0 radical (unpaired) electrons. The van der Waals surface area contributed by atoms with Gasteiger partial charge in [-0.25, -0.2) is 0 Å². The smallest absolute Gasteiger partial charge is 0.276 e. The van der Waals surface area contributed by atoms with E-state index in [0.717, 1.165) is 10.0 Å². The van der Waals surface area contributed by atoms with Gasteiger partial charge in [0.15, 0.2) is 11.7 Å². The molecule has 2 aromatic rings. The van der Waals surface area contributed by atoms with Crippen molar-refractivity contribution in [2.75, 3.05) is 6.61 Å². The molecular formula is C20H21Br2N3O4S. The van der Waals surface area contributed by atoms with Gasteiger partial charge in [0.25, 0.3) is 11.8 Å². The van der Waals surface area contributed by atoms with E-state index in [0.29, 0.717) is 21.5 Å². The Bertz CT molecular complexity index is 954. The first kappa shape index (κ1) is 24.1. The molecule has 30 heavy (non-hydrogen) atoms. The lowest BCUT2D eigenvalue weighted by Gasteiger charge is -2.14. The Morgan fingerprint density at radius 3 is 2.33 bits per heavy atom. The second kappa shape index (κ2) is 11.3. The summed E-state index contributed by atoms with van der Waals surface area (Å²) in [6.45, 7) is 5.55. The third-order valence-corrected chi connectivity index (χ3v) is 4.99. The lowest BCUT2D eigenvalue weighted by molar-refractivity contribution is -0.123. The number of hydrazine groups is 1. The molecule has 2 aromatic carbocycles. The number of aryl methyl sites for hydroxylation is 1. The highest BCUT2D eigenvalue weighted by molar-refractivity contribution is 9.10. The van der Waals surface area contributed by atoms with Crippen molar-refractivity contribution in [3.05, 3.63) is 56.5 Å². The Balaban J connectivity index is 1.80. The van der Waals surface area contributed by atoms with Crippen LogP contribution in [0.5, 0.6) is 11.5 Å². The predicted molar refractivity (Wildman–Crippen MR) is 126 cm³/mol. The maximum atomic E-state index is 12.3. The summed E-state index contributed by atoms with van der Waals surface area (Å²) in [7, 11) is 0. The highest BCUT2D eigenvalue weighted by Crippen LogP contribution is 2.27. The van der Waals surface area contributed by atoms with Crippen molar-refractivity contribution in [2.24, 2.45) is 0 Å². The summed E-state index contributed by atoms with van der Waals surface area (Å²) < 4.78 is 12.5. The number of hydrogen-bond donors (Lipinski definition) is 3. The minimum atomic E-state index is -0.461. The molecule has 0 saturated heterocycles. The maximum absolute atomic E-state index is 12.3. The van der Waals surface area contributed by atoms with Gasteiger partial charge in [0, 0.05) is 5.56 Å². The van der Waals surface area contributed by atoms with Crippen molar-refractivity contribution in [2.45, 2.75) is 26.9 Å². The topological polar surface area (TPSA) is 88.7 Å². The molecule has 0 aliphatic carbocycles. The van der Waals surface area contributed by atoms with E-state index in [1.165, 1.54) is 0 Å². The van der Waals surface area contributed by atoms with Gasteiger partial charge in [-0.2, -0.15) is 0 Å². The number of amides is 2. The average molecular weight is 559 g/mol. The monoisotopic (exact) mass is 557 g/mol. The minimum Gasteiger partial charge on any atom is -0.490 e. The summed E-state index contributed by atoms with van der Waals surface area (Å²) in [5.41, 5.74) is 6.28. The van der Waals surface area contributed by atoms with E-state index < -0.39 is 11.8 Å². The molecular weight excluding hydrogens is 538 g/mol. The van der Waals surface area contributed by atoms with E-state index in [1.807, 2.05) is 32.9 Å². The number of hydrogen-bond acceptors (Lipinski definition) is 5. The summed E-state index contributed by atoms with van der Waals surface area (Å²) in [6, 6.07) is 10.5. The van der Waals surface area contributed by atoms with Gasteiger partial charge in [-0.3, -0.25) is 25.8 Å². The summed E-state index contributed by atoms with van der Waals surface area (Å²) in [5.74, 6) is 0.284. The highest BCUT2D eigenvalue weighted by atomic mass is 79.9. The largest absolute Gasteiger partial charge is 0.490 e. The lowest BCUT2D eigenvalue weighted by Crippen LogP contribution is -2.49. The van der Waals surface area contributed by atoms with Crippen molar-refractivity contribution >= 4 is 61.0 Å². The van der Waals surface area contributed by atoms with Crippen LogP contribution in [-0.2, 0) is 4.79 Å².